The van der Waals surface area contributed by atoms with Crippen molar-refractivity contribution in [1.29, 1.82) is 0 Å². The van der Waals surface area contributed by atoms with Crippen LogP contribution in [0, 0.1) is 5.92 Å². The zero-order valence-corrected chi connectivity index (χ0v) is 14.6. The quantitative estimate of drug-likeness (QED) is 0.574. The molecule has 1 saturated heterocycles. The minimum absolute atomic E-state index is 0.569. The molecule has 0 aromatic heterocycles. The number of alkyl carbamates (subject to hydrolysis) is 1. The molecule has 1 aliphatic heterocycles. The number of hydrogen-bond donors (Lipinski definition) is 2. The average Bonchev–Trinajstić information content (AvgIpc) is 2.29. The predicted molar refractivity (Wildman–Crippen MR) is 79.8 cm³/mol. The van der Waals surface area contributed by atoms with E-state index in [9.17, 15) is 19.2 Å². The van der Waals surface area contributed by atoms with Crippen molar-refractivity contribution in [3.05, 3.63) is 0 Å². The Morgan fingerprint density at radius 3 is 2.04 bits per heavy atom. The molecule has 1 heterocycles. The standard InChI is InChI=1S/C15H23NO8/c1-8(7-9(17)18)15(16-12(21)24-13(2,3)4)10(19)22-14(5,6)23-11(15)20/h8H,7H2,1-6H3,(H,16,21)(H,17,18)/t8-/m0/s1. The van der Waals surface area contributed by atoms with E-state index in [1.165, 1.54) is 20.8 Å². The van der Waals surface area contributed by atoms with Crippen LogP contribution in [0.5, 0.6) is 0 Å². The molecular formula is C15H23NO8. The summed E-state index contributed by atoms with van der Waals surface area (Å²) in [6, 6.07) is 0. The number of carbonyl (C=O) groups is 4. The predicted octanol–water partition coefficient (Wildman–Crippen LogP) is 1.20. The fraction of sp³-hybridized carbons (Fsp3) is 0.733. The maximum Gasteiger partial charge on any atom is 0.409 e. The van der Waals surface area contributed by atoms with Gasteiger partial charge in [0, 0.05) is 19.8 Å². The van der Waals surface area contributed by atoms with Crippen LogP contribution in [-0.4, -0.2) is 46.0 Å². The Morgan fingerprint density at radius 2 is 1.67 bits per heavy atom. The first kappa shape index (κ1) is 19.7. The highest BCUT2D eigenvalue weighted by Crippen LogP contribution is 2.33. The number of esters is 2. The van der Waals surface area contributed by atoms with Crippen LogP contribution in [-0.2, 0) is 28.6 Å². The molecule has 136 valence electrons. The Bertz CT molecular complexity index is 540. The zero-order chi connectivity index (χ0) is 18.9. The largest absolute Gasteiger partial charge is 0.481 e. The van der Waals surface area contributed by atoms with Crippen molar-refractivity contribution in [3.8, 4) is 0 Å². The summed E-state index contributed by atoms with van der Waals surface area (Å²) in [6.07, 6.45) is -1.63. The highest BCUT2D eigenvalue weighted by atomic mass is 16.7. The second-order valence-corrected chi connectivity index (χ2v) is 7.11. The molecule has 9 nitrogen and oxygen atoms in total. The second-order valence-electron chi connectivity index (χ2n) is 7.11. The summed E-state index contributed by atoms with van der Waals surface area (Å²) in [4.78, 5) is 48.0. The van der Waals surface area contributed by atoms with Gasteiger partial charge < -0.3 is 19.3 Å². The lowest BCUT2D eigenvalue weighted by molar-refractivity contribution is -0.247. The van der Waals surface area contributed by atoms with E-state index in [0.29, 0.717) is 0 Å². The van der Waals surface area contributed by atoms with Gasteiger partial charge in [0.1, 0.15) is 5.60 Å². The lowest BCUT2D eigenvalue weighted by atomic mass is 9.82. The van der Waals surface area contributed by atoms with Crippen LogP contribution in [0.15, 0.2) is 0 Å². The van der Waals surface area contributed by atoms with Gasteiger partial charge in [-0.2, -0.15) is 0 Å². The lowest BCUT2D eigenvalue weighted by Crippen LogP contribution is -2.70. The molecule has 1 fully saturated rings. The van der Waals surface area contributed by atoms with Crippen molar-refractivity contribution in [3.63, 3.8) is 0 Å². The third kappa shape index (κ3) is 4.36. The van der Waals surface area contributed by atoms with E-state index in [2.05, 4.69) is 5.32 Å². The maximum atomic E-state index is 12.5. The van der Waals surface area contributed by atoms with Gasteiger partial charge in [0.15, 0.2) is 0 Å². The molecule has 2 N–H and O–H groups in total. The van der Waals surface area contributed by atoms with Crippen molar-refractivity contribution >= 4 is 24.0 Å². The van der Waals surface area contributed by atoms with Gasteiger partial charge >= 0.3 is 24.0 Å². The average molecular weight is 345 g/mol. The topological polar surface area (TPSA) is 128 Å². The zero-order valence-electron chi connectivity index (χ0n) is 14.6. The van der Waals surface area contributed by atoms with E-state index in [1.54, 1.807) is 20.8 Å². The van der Waals surface area contributed by atoms with Gasteiger partial charge in [-0.3, -0.25) is 10.1 Å². The van der Waals surface area contributed by atoms with Crippen LogP contribution in [0.1, 0.15) is 48.0 Å². The summed E-state index contributed by atoms with van der Waals surface area (Å²) in [6.45, 7) is 8.82. The summed E-state index contributed by atoms with van der Waals surface area (Å²) in [5.41, 5.74) is -3.18. The normalized spacial score (nSPS) is 20.4. The molecule has 0 radical (unpaired) electrons. The SMILES string of the molecule is C[C@@H](CC(=O)O)C1(NC(=O)OC(C)(C)C)C(=O)OC(C)(C)OC1=O. The Kier molecular flexibility index (Phi) is 5.17. The molecule has 0 aliphatic carbocycles. The Labute approximate surface area is 139 Å². The summed E-state index contributed by atoms with van der Waals surface area (Å²) in [5.74, 6) is -6.08. The molecule has 24 heavy (non-hydrogen) atoms. The number of ether oxygens (including phenoxy) is 3. The van der Waals surface area contributed by atoms with Crippen LogP contribution >= 0.6 is 0 Å². The van der Waals surface area contributed by atoms with Gasteiger partial charge in [-0.15, -0.1) is 0 Å². The first-order valence-electron chi connectivity index (χ1n) is 7.39. The van der Waals surface area contributed by atoms with Gasteiger partial charge in [0.25, 0.3) is 5.79 Å². The van der Waals surface area contributed by atoms with Crippen molar-refractivity contribution in [1.82, 2.24) is 5.32 Å². The van der Waals surface area contributed by atoms with Crippen LogP contribution in [0.4, 0.5) is 4.79 Å². The minimum atomic E-state index is -2.30. The van der Waals surface area contributed by atoms with E-state index in [0.717, 1.165) is 0 Å². The first-order chi connectivity index (χ1) is 10.7. The van der Waals surface area contributed by atoms with Gasteiger partial charge in [-0.1, -0.05) is 6.92 Å². The van der Waals surface area contributed by atoms with E-state index < -0.39 is 53.3 Å². The molecule has 0 aromatic carbocycles. The number of rotatable bonds is 4. The molecule has 1 rings (SSSR count). The molecule has 0 spiro atoms. The number of cyclic esters (lactones) is 2. The third-order valence-corrected chi connectivity index (χ3v) is 3.24. The Hall–Kier alpha value is -2.32. The molecule has 0 aromatic rings. The first-order valence-corrected chi connectivity index (χ1v) is 7.39. The Balaban J connectivity index is 3.22. The van der Waals surface area contributed by atoms with Crippen LogP contribution in [0.3, 0.4) is 0 Å². The minimum Gasteiger partial charge on any atom is -0.481 e. The van der Waals surface area contributed by atoms with Gasteiger partial charge in [0.2, 0.25) is 5.54 Å². The van der Waals surface area contributed by atoms with Crippen molar-refractivity contribution in [2.45, 2.75) is 64.9 Å². The van der Waals surface area contributed by atoms with Crippen molar-refractivity contribution in [2.24, 2.45) is 5.92 Å². The monoisotopic (exact) mass is 345 g/mol. The van der Waals surface area contributed by atoms with Crippen LogP contribution in [0.2, 0.25) is 0 Å². The smallest absolute Gasteiger partial charge is 0.409 e. The number of carbonyl (C=O) groups excluding carboxylic acids is 3. The summed E-state index contributed by atoms with van der Waals surface area (Å²) in [7, 11) is 0. The van der Waals surface area contributed by atoms with E-state index in [4.69, 9.17) is 19.3 Å². The molecule has 0 unspecified atom stereocenters. The highest BCUT2D eigenvalue weighted by Gasteiger charge is 2.61. The van der Waals surface area contributed by atoms with Crippen molar-refractivity contribution in [2.75, 3.05) is 0 Å². The second kappa shape index (κ2) is 6.29. The van der Waals surface area contributed by atoms with Gasteiger partial charge in [-0.25, -0.2) is 14.4 Å². The summed E-state index contributed by atoms with van der Waals surface area (Å²) < 4.78 is 15.2. The highest BCUT2D eigenvalue weighted by molar-refractivity contribution is 6.09. The van der Waals surface area contributed by atoms with Gasteiger partial charge in [0.05, 0.1) is 6.42 Å². The van der Waals surface area contributed by atoms with Crippen molar-refractivity contribution < 1.29 is 38.5 Å². The van der Waals surface area contributed by atoms with Crippen LogP contribution < -0.4 is 5.32 Å². The number of hydrogen-bond acceptors (Lipinski definition) is 7. The molecule has 1 aliphatic rings. The Morgan fingerprint density at radius 1 is 1.21 bits per heavy atom. The summed E-state index contributed by atoms with van der Waals surface area (Å²) in [5, 5.41) is 11.1. The fourth-order valence-corrected chi connectivity index (χ4v) is 2.22. The molecular weight excluding hydrogens is 322 g/mol. The molecule has 0 bridgehead atoms. The maximum absolute atomic E-state index is 12.5. The number of amides is 1. The summed E-state index contributed by atoms with van der Waals surface area (Å²) >= 11 is 0. The van der Waals surface area contributed by atoms with E-state index in [-0.39, 0.29) is 0 Å². The van der Waals surface area contributed by atoms with Crippen LogP contribution in [0.25, 0.3) is 0 Å². The van der Waals surface area contributed by atoms with Gasteiger partial charge in [-0.05, 0) is 20.8 Å². The molecule has 9 heteroatoms. The molecule has 0 saturated carbocycles. The third-order valence-electron chi connectivity index (χ3n) is 3.24. The molecule has 1 atom stereocenters. The number of carboxylic acid groups (broad SMARTS) is 1. The van der Waals surface area contributed by atoms with E-state index >= 15 is 0 Å². The molecule has 1 amide bonds. The fourth-order valence-electron chi connectivity index (χ4n) is 2.22. The number of carboxylic acids is 1. The number of nitrogens with one attached hydrogen (secondary N) is 1. The number of aliphatic carboxylic acids is 1. The van der Waals surface area contributed by atoms with E-state index in [1.807, 2.05) is 0 Å². The lowest BCUT2D eigenvalue weighted by Gasteiger charge is -2.42.